The molecule has 0 saturated carbocycles. The van der Waals surface area contributed by atoms with Gasteiger partial charge >= 0.3 is 0 Å². The van der Waals surface area contributed by atoms with Gasteiger partial charge in [0.2, 0.25) is 18.6 Å². The van der Waals surface area contributed by atoms with E-state index < -0.39 is 0 Å². The molecule has 0 aliphatic carbocycles. The van der Waals surface area contributed by atoms with Crippen LogP contribution in [-0.2, 0) is 9.59 Å². The standard InChI is InChI=1S/C21H23N3O6/c1-13(25)16-8-18-19(30-12-29-18)9-17(16)23-21(27)11-24(2)10-20(26)22-14-5-4-6-15(7-14)28-3/h4-9H,10-12H2,1-3H3,(H,22,26)(H,23,27). The molecule has 2 aromatic carbocycles. The molecule has 0 fully saturated rings. The Morgan fingerprint density at radius 3 is 2.37 bits per heavy atom. The summed E-state index contributed by atoms with van der Waals surface area (Å²) in [7, 11) is 3.20. The molecule has 1 aliphatic rings. The summed E-state index contributed by atoms with van der Waals surface area (Å²) in [5, 5.41) is 5.46. The molecule has 0 unspecified atom stereocenters. The Morgan fingerprint density at radius 2 is 1.70 bits per heavy atom. The second kappa shape index (κ2) is 9.27. The van der Waals surface area contributed by atoms with Gasteiger partial charge in [-0.1, -0.05) is 6.07 Å². The number of hydrogen-bond donors (Lipinski definition) is 2. The fourth-order valence-electron chi connectivity index (χ4n) is 2.97. The predicted molar refractivity (Wildman–Crippen MR) is 110 cm³/mol. The van der Waals surface area contributed by atoms with Crippen molar-refractivity contribution in [2.45, 2.75) is 6.92 Å². The summed E-state index contributed by atoms with van der Waals surface area (Å²) in [6.07, 6.45) is 0. The number of likely N-dealkylation sites (N-methyl/N-ethyl adjacent to an activating group) is 1. The van der Waals surface area contributed by atoms with Crippen LogP contribution in [0.1, 0.15) is 17.3 Å². The lowest BCUT2D eigenvalue weighted by Crippen LogP contribution is -2.36. The summed E-state index contributed by atoms with van der Waals surface area (Å²) >= 11 is 0. The SMILES string of the molecule is COc1cccc(NC(=O)CN(C)CC(=O)Nc2cc3c(cc2C(C)=O)OCO3)c1. The second-order valence-electron chi connectivity index (χ2n) is 6.81. The molecular formula is C21H23N3O6. The first kappa shape index (κ1) is 21.1. The highest BCUT2D eigenvalue weighted by Crippen LogP contribution is 2.37. The molecule has 30 heavy (non-hydrogen) atoms. The maximum atomic E-state index is 12.4. The van der Waals surface area contributed by atoms with Crippen LogP contribution in [0.4, 0.5) is 11.4 Å². The number of rotatable bonds is 8. The number of hydrogen-bond acceptors (Lipinski definition) is 7. The summed E-state index contributed by atoms with van der Waals surface area (Å²) in [4.78, 5) is 38.1. The zero-order chi connectivity index (χ0) is 21.7. The van der Waals surface area contributed by atoms with Crippen molar-refractivity contribution in [1.29, 1.82) is 0 Å². The molecule has 2 aromatic rings. The number of anilines is 2. The maximum Gasteiger partial charge on any atom is 0.238 e. The van der Waals surface area contributed by atoms with Crippen molar-refractivity contribution in [2.75, 3.05) is 44.7 Å². The van der Waals surface area contributed by atoms with E-state index in [1.807, 2.05) is 0 Å². The molecule has 0 atom stereocenters. The molecular weight excluding hydrogens is 390 g/mol. The van der Waals surface area contributed by atoms with Gasteiger partial charge in [0.25, 0.3) is 0 Å². The minimum absolute atomic E-state index is 0.00529. The van der Waals surface area contributed by atoms with Gasteiger partial charge in [-0.05, 0) is 32.2 Å². The molecule has 3 rings (SSSR count). The van der Waals surface area contributed by atoms with Crippen molar-refractivity contribution >= 4 is 29.0 Å². The minimum Gasteiger partial charge on any atom is -0.497 e. The molecule has 158 valence electrons. The van der Waals surface area contributed by atoms with E-state index in [0.717, 1.165) is 0 Å². The van der Waals surface area contributed by atoms with Gasteiger partial charge in [0.15, 0.2) is 17.3 Å². The number of ether oxygens (including phenoxy) is 3. The van der Waals surface area contributed by atoms with Crippen molar-refractivity contribution in [3.63, 3.8) is 0 Å². The van der Waals surface area contributed by atoms with E-state index in [-0.39, 0.29) is 37.5 Å². The van der Waals surface area contributed by atoms with Crippen molar-refractivity contribution in [3.05, 3.63) is 42.0 Å². The highest BCUT2D eigenvalue weighted by atomic mass is 16.7. The number of carbonyl (C=O) groups excluding carboxylic acids is 3. The van der Waals surface area contributed by atoms with Crippen LogP contribution in [0.3, 0.4) is 0 Å². The number of benzene rings is 2. The lowest BCUT2D eigenvalue weighted by molar-refractivity contribution is -0.119. The molecule has 0 aromatic heterocycles. The van der Waals surface area contributed by atoms with Crippen LogP contribution in [0, 0.1) is 0 Å². The molecule has 2 N–H and O–H groups in total. The van der Waals surface area contributed by atoms with E-state index in [1.54, 1.807) is 55.5 Å². The van der Waals surface area contributed by atoms with Crippen LogP contribution in [0.25, 0.3) is 0 Å². The first-order chi connectivity index (χ1) is 14.4. The molecule has 9 nitrogen and oxygen atoms in total. The second-order valence-corrected chi connectivity index (χ2v) is 6.81. The Labute approximate surface area is 173 Å². The van der Waals surface area contributed by atoms with Crippen molar-refractivity contribution in [2.24, 2.45) is 0 Å². The topological polar surface area (TPSA) is 106 Å². The van der Waals surface area contributed by atoms with Crippen LogP contribution in [0.15, 0.2) is 36.4 Å². The van der Waals surface area contributed by atoms with Gasteiger partial charge in [-0.15, -0.1) is 0 Å². The third kappa shape index (κ3) is 5.26. The van der Waals surface area contributed by atoms with E-state index in [2.05, 4.69) is 10.6 Å². The van der Waals surface area contributed by atoms with Gasteiger partial charge in [0, 0.05) is 23.4 Å². The van der Waals surface area contributed by atoms with E-state index in [0.29, 0.717) is 34.2 Å². The molecule has 9 heteroatoms. The maximum absolute atomic E-state index is 12.4. The van der Waals surface area contributed by atoms with Crippen LogP contribution in [0.5, 0.6) is 17.2 Å². The van der Waals surface area contributed by atoms with Crippen LogP contribution in [-0.4, -0.2) is 56.5 Å². The number of fused-ring (bicyclic) bond motifs is 1. The Morgan fingerprint density at radius 1 is 1.03 bits per heavy atom. The molecule has 1 aliphatic heterocycles. The van der Waals surface area contributed by atoms with E-state index in [1.165, 1.54) is 6.92 Å². The fourth-order valence-corrected chi connectivity index (χ4v) is 2.97. The van der Waals surface area contributed by atoms with Gasteiger partial charge in [-0.25, -0.2) is 0 Å². The smallest absolute Gasteiger partial charge is 0.238 e. The van der Waals surface area contributed by atoms with Gasteiger partial charge in [0.1, 0.15) is 5.75 Å². The molecule has 0 radical (unpaired) electrons. The Balaban J connectivity index is 1.57. The summed E-state index contributed by atoms with van der Waals surface area (Å²) in [5.41, 5.74) is 1.26. The normalized spacial score (nSPS) is 11.9. The highest BCUT2D eigenvalue weighted by Gasteiger charge is 2.21. The summed E-state index contributed by atoms with van der Waals surface area (Å²) in [6.45, 7) is 1.43. The van der Waals surface area contributed by atoms with Crippen LogP contribution < -0.4 is 24.8 Å². The van der Waals surface area contributed by atoms with E-state index in [4.69, 9.17) is 14.2 Å². The summed E-state index contributed by atoms with van der Waals surface area (Å²) < 4.78 is 15.7. The van der Waals surface area contributed by atoms with Gasteiger partial charge in [0.05, 0.1) is 25.9 Å². The molecule has 2 amide bonds. The Bertz CT molecular complexity index is 975. The van der Waals surface area contributed by atoms with E-state index in [9.17, 15) is 14.4 Å². The highest BCUT2D eigenvalue weighted by molar-refractivity contribution is 6.05. The number of Topliss-reactive ketones (excluding diaryl/α,β-unsaturated/α-hetero) is 1. The van der Waals surface area contributed by atoms with Crippen molar-refractivity contribution in [1.82, 2.24) is 4.90 Å². The van der Waals surface area contributed by atoms with Crippen molar-refractivity contribution < 1.29 is 28.6 Å². The number of amides is 2. The average molecular weight is 413 g/mol. The molecule has 1 heterocycles. The minimum atomic E-state index is -0.368. The molecule has 0 spiro atoms. The van der Waals surface area contributed by atoms with Crippen LogP contribution in [0.2, 0.25) is 0 Å². The number of carbonyl (C=O) groups is 3. The van der Waals surface area contributed by atoms with E-state index >= 15 is 0 Å². The third-order valence-corrected chi connectivity index (χ3v) is 4.35. The number of methoxy groups -OCH3 is 1. The zero-order valence-electron chi connectivity index (χ0n) is 17.0. The Hall–Kier alpha value is -3.59. The summed E-state index contributed by atoms with van der Waals surface area (Å²) in [6, 6.07) is 10.1. The largest absolute Gasteiger partial charge is 0.497 e. The number of nitrogens with zero attached hydrogens (tertiary/aromatic N) is 1. The fraction of sp³-hybridized carbons (Fsp3) is 0.286. The number of ketones is 1. The molecule has 0 bridgehead atoms. The monoisotopic (exact) mass is 413 g/mol. The quantitative estimate of drug-likeness (QED) is 0.639. The first-order valence-corrected chi connectivity index (χ1v) is 9.22. The summed E-state index contributed by atoms with van der Waals surface area (Å²) in [5.74, 6) is 0.699. The first-order valence-electron chi connectivity index (χ1n) is 9.22. The lowest BCUT2D eigenvalue weighted by Gasteiger charge is -2.17. The third-order valence-electron chi connectivity index (χ3n) is 4.35. The predicted octanol–water partition coefficient (Wildman–Crippen LogP) is 2.14. The van der Waals surface area contributed by atoms with Gasteiger partial charge in [-0.3, -0.25) is 19.3 Å². The van der Waals surface area contributed by atoms with Crippen LogP contribution >= 0.6 is 0 Å². The zero-order valence-corrected chi connectivity index (χ0v) is 17.0. The molecule has 0 saturated heterocycles. The lowest BCUT2D eigenvalue weighted by atomic mass is 10.1. The average Bonchev–Trinajstić information content (AvgIpc) is 3.14. The number of nitrogens with one attached hydrogen (secondary N) is 2. The van der Waals surface area contributed by atoms with Gasteiger partial charge < -0.3 is 24.8 Å². The Kier molecular flexibility index (Phi) is 6.53. The van der Waals surface area contributed by atoms with Gasteiger partial charge in [-0.2, -0.15) is 0 Å². The van der Waals surface area contributed by atoms with Crippen molar-refractivity contribution in [3.8, 4) is 17.2 Å².